The lowest BCUT2D eigenvalue weighted by molar-refractivity contribution is 0.0553. The van der Waals surface area contributed by atoms with E-state index in [0.717, 1.165) is 57.9 Å². The highest BCUT2D eigenvalue weighted by atomic mass is 32.2. The normalized spacial score (nSPS) is 29.4. The summed E-state index contributed by atoms with van der Waals surface area (Å²) in [5, 5.41) is 3.42. The minimum Gasteiger partial charge on any atom is -0.381 e. The van der Waals surface area contributed by atoms with Gasteiger partial charge in [0.1, 0.15) is 0 Å². The lowest BCUT2D eigenvalue weighted by Crippen LogP contribution is -2.32. The third-order valence-electron chi connectivity index (χ3n) is 4.57. The molecule has 0 aromatic carbocycles. The molecular weight excluding hydrogens is 262 g/mol. The van der Waals surface area contributed by atoms with E-state index < -0.39 is 9.84 Å². The first kappa shape index (κ1) is 15.3. The Morgan fingerprint density at radius 2 is 2.00 bits per heavy atom. The summed E-state index contributed by atoms with van der Waals surface area (Å²) in [6.07, 6.45) is 4.31. The predicted octanol–water partition coefficient (Wildman–Crippen LogP) is 1.46. The second-order valence-electron chi connectivity index (χ2n) is 6.02. The molecule has 2 atom stereocenters. The van der Waals surface area contributed by atoms with Gasteiger partial charge in [-0.1, -0.05) is 6.92 Å². The maximum Gasteiger partial charge on any atom is 0.150 e. The zero-order valence-corrected chi connectivity index (χ0v) is 12.8. The average molecular weight is 289 g/mol. The average Bonchev–Trinajstić information content (AvgIpc) is 2.76. The summed E-state index contributed by atoms with van der Waals surface area (Å²) in [6, 6.07) is 0. The summed E-state index contributed by atoms with van der Waals surface area (Å²) < 4.78 is 28.8. The fraction of sp³-hybridized carbons (Fsp3) is 1.00. The zero-order valence-electron chi connectivity index (χ0n) is 11.9. The van der Waals surface area contributed by atoms with Gasteiger partial charge in [-0.3, -0.25) is 0 Å². The van der Waals surface area contributed by atoms with Gasteiger partial charge < -0.3 is 10.1 Å². The number of sulfone groups is 1. The van der Waals surface area contributed by atoms with E-state index >= 15 is 0 Å². The first-order valence-corrected chi connectivity index (χ1v) is 9.41. The molecule has 2 unspecified atom stereocenters. The molecule has 2 aliphatic heterocycles. The summed E-state index contributed by atoms with van der Waals surface area (Å²) in [5.41, 5.74) is 0. The molecule has 19 heavy (non-hydrogen) atoms. The second kappa shape index (κ2) is 7.04. The maximum absolute atomic E-state index is 11.7. The van der Waals surface area contributed by atoms with Gasteiger partial charge >= 0.3 is 0 Å². The fourth-order valence-corrected chi connectivity index (χ4v) is 5.30. The second-order valence-corrected chi connectivity index (χ2v) is 8.25. The lowest BCUT2D eigenvalue weighted by Gasteiger charge is -2.29. The smallest absolute Gasteiger partial charge is 0.150 e. The maximum atomic E-state index is 11.7. The zero-order chi connectivity index (χ0) is 13.7. The molecule has 0 aromatic heterocycles. The summed E-state index contributed by atoms with van der Waals surface area (Å²) in [6.45, 7) is 5.79. The van der Waals surface area contributed by atoms with Crippen LogP contribution in [0, 0.1) is 17.8 Å². The van der Waals surface area contributed by atoms with Crippen molar-refractivity contribution in [2.45, 2.75) is 32.6 Å². The largest absolute Gasteiger partial charge is 0.381 e. The third kappa shape index (κ3) is 4.72. The van der Waals surface area contributed by atoms with Crippen molar-refractivity contribution in [1.29, 1.82) is 0 Å². The molecule has 2 fully saturated rings. The van der Waals surface area contributed by atoms with Gasteiger partial charge in [0, 0.05) is 13.2 Å². The quantitative estimate of drug-likeness (QED) is 0.804. The van der Waals surface area contributed by atoms with Crippen molar-refractivity contribution in [3.05, 3.63) is 0 Å². The van der Waals surface area contributed by atoms with Crippen molar-refractivity contribution in [2.75, 3.05) is 37.8 Å². The van der Waals surface area contributed by atoms with Crippen LogP contribution in [0.15, 0.2) is 0 Å². The van der Waals surface area contributed by atoms with E-state index in [1.54, 1.807) is 0 Å². The topological polar surface area (TPSA) is 55.4 Å². The number of hydrogen-bond donors (Lipinski definition) is 1. The van der Waals surface area contributed by atoms with E-state index in [-0.39, 0.29) is 0 Å². The molecule has 2 heterocycles. The fourth-order valence-electron chi connectivity index (χ4n) is 3.38. The minimum absolute atomic E-state index is 0.367. The van der Waals surface area contributed by atoms with E-state index in [1.165, 1.54) is 0 Å². The van der Waals surface area contributed by atoms with Gasteiger partial charge in [0.2, 0.25) is 0 Å². The molecule has 0 spiro atoms. The van der Waals surface area contributed by atoms with Crippen molar-refractivity contribution in [3.63, 3.8) is 0 Å². The Bertz CT molecular complexity index is 363. The first-order chi connectivity index (χ1) is 9.11. The van der Waals surface area contributed by atoms with E-state index in [4.69, 9.17) is 4.74 Å². The van der Waals surface area contributed by atoms with Crippen LogP contribution < -0.4 is 5.32 Å². The SMILES string of the molecule is CCNCC(CC1CCOCC1)C1CCS(=O)(=O)C1. The molecule has 2 rings (SSSR count). The van der Waals surface area contributed by atoms with Gasteiger partial charge in [0.25, 0.3) is 0 Å². The summed E-state index contributed by atoms with van der Waals surface area (Å²) in [5.74, 6) is 2.41. The Hall–Kier alpha value is -0.130. The Kier molecular flexibility index (Phi) is 5.66. The Labute approximate surface area is 117 Å². The van der Waals surface area contributed by atoms with Crippen molar-refractivity contribution < 1.29 is 13.2 Å². The molecule has 0 aliphatic carbocycles. The molecule has 0 amide bonds. The predicted molar refractivity (Wildman–Crippen MR) is 77.0 cm³/mol. The van der Waals surface area contributed by atoms with Crippen LogP contribution in [-0.2, 0) is 14.6 Å². The Morgan fingerprint density at radius 3 is 2.58 bits per heavy atom. The molecule has 0 aromatic rings. The van der Waals surface area contributed by atoms with Gasteiger partial charge in [-0.05, 0) is 56.5 Å². The van der Waals surface area contributed by atoms with Crippen LogP contribution in [-0.4, -0.2) is 46.2 Å². The summed E-state index contributed by atoms with van der Waals surface area (Å²) in [4.78, 5) is 0. The first-order valence-electron chi connectivity index (χ1n) is 7.59. The number of nitrogens with one attached hydrogen (secondary N) is 1. The van der Waals surface area contributed by atoms with Crippen molar-refractivity contribution >= 4 is 9.84 Å². The third-order valence-corrected chi connectivity index (χ3v) is 6.36. The molecule has 1 N–H and O–H groups in total. The summed E-state index contributed by atoms with van der Waals surface area (Å²) in [7, 11) is -2.76. The molecular formula is C14H27NO3S. The summed E-state index contributed by atoms with van der Waals surface area (Å²) >= 11 is 0. The molecule has 2 saturated heterocycles. The number of ether oxygens (including phenoxy) is 1. The molecule has 0 saturated carbocycles. The minimum atomic E-state index is -2.76. The van der Waals surface area contributed by atoms with Crippen molar-refractivity contribution in [1.82, 2.24) is 5.32 Å². The van der Waals surface area contributed by atoms with Crippen LogP contribution in [0.25, 0.3) is 0 Å². The van der Waals surface area contributed by atoms with Gasteiger partial charge in [-0.25, -0.2) is 8.42 Å². The van der Waals surface area contributed by atoms with E-state index in [2.05, 4.69) is 12.2 Å². The van der Waals surface area contributed by atoms with Crippen LogP contribution in [0.2, 0.25) is 0 Å². The van der Waals surface area contributed by atoms with Crippen molar-refractivity contribution in [2.24, 2.45) is 17.8 Å². The van der Waals surface area contributed by atoms with Crippen LogP contribution in [0.4, 0.5) is 0 Å². The van der Waals surface area contributed by atoms with E-state index in [9.17, 15) is 8.42 Å². The number of hydrogen-bond acceptors (Lipinski definition) is 4. The molecule has 0 radical (unpaired) electrons. The van der Waals surface area contributed by atoms with E-state index in [0.29, 0.717) is 23.3 Å². The lowest BCUT2D eigenvalue weighted by atomic mass is 9.81. The highest BCUT2D eigenvalue weighted by Gasteiger charge is 2.34. The van der Waals surface area contributed by atoms with E-state index in [1.807, 2.05) is 0 Å². The number of rotatable bonds is 6. The Morgan fingerprint density at radius 1 is 1.26 bits per heavy atom. The van der Waals surface area contributed by atoms with Gasteiger partial charge in [0.15, 0.2) is 9.84 Å². The van der Waals surface area contributed by atoms with Gasteiger partial charge in [0.05, 0.1) is 11.5 Å². The van der Waals surface area contributed by atoms with Gasteiger partial charge in [-0.15, -0.1) is 0 Å². The van der Waals surface area contributed by atoms with Crippen molar-refractivity contribution in [3.8, 4) is 0 Å². The van der Waals surface area contributed by atoms with Crippen LogP contribution in [0.3, 0.4) is 0 Å². The standard InChI is InChI=1S/C14H27NO3S/c1-2-15-10-14(9-12-3-6-18-7-4-12)13-5-8-19(16,17)11-13/h12-15H,2-11H2,1H3. The Balaban J connectivity index is 1.91. The van der Waals surface area contributed by atoms with Gasteiger partial charge in [-0.2, -0.15) is 0 Å². The monoisotopic (exact) mass is 289 g/mol. The highest BCUT2D eigenvalue weighted by Crippen LogP contribution is 2.32. The van der Waals surface area contributed by atoms with Crippen LogP contribution >= 0.6 is 0 Å². The van der Waals surface area contributed by atoms with Crippen LogP contribution in [0.1, 0.15) is 32.6 Å². The molecule has 2 aliphatic rings. The highest BCUT2D eigenvalue weighted by molar-refractivity contribution is 7.91. The molecule has 4 nitrogen and oxygen atoms in total. The molecule has 0 bridgehead atoms. The molecule has 5 heteroatoms. The molecule has 112 valence electrons. The van der Waals surface area contributed by atoms with Crippen LogP contribution in [0.5, 0.6) is 0 Å².